The van der Waals surface area contributed by atoms with Crippen molar-refractivity contribution in [1.29, 1.82) is 0 Å². The Balaban J connectivity index is 1.76. The maximum absolute atomic E-state index is 12.6. The number of tetrazole rings is 1. The Morgan fingerprint density at radius 3 is 2.75 bits per heavy atom. The van der Waals surface area contributed by atoms with E-state index in [1.807, 2.05) is 47.8 Å². The lowest BCUT2D eigenvalue weighted by atomic mass is 10.2. The van der Waals surface area contributed by atoms with Crippen LogP contribution in [0.1, 0.15) is 10.4 Å². The molecule has 4 aromatic rings. The summed E-state index contributed by atoms with van der Waals surface area (Å²) in [6.45, 7) is 0. The number of hydrogen-bond donors (Lipinski definition) is 2. The Kier molecular flexibility index (Phi) is 3.60. The molecule has 0 saturated heterocycles. The second kappa shape index (κ2) is 6.05. The molecule has 0 atom stereocenters. The number of nitrogens with one attached hydrogen (secondary N) is 2. The van der Waals surface area contributed by atoms with Crippen molar-refractivity contribution in [3.8, 4) is 16.3 Å². The van der Waals surface area contributed by atoms with E-state index in [1.165, 1.54) is 11.3 Å². The highest BCUT2D eigenvalue weighted by Crippen LogP contribution is 2.28. The van der Waals surface area contributed by atoms with Crippen molar-refractivity contribution in [1.82, 2.24) is 30.4 Å². The van der Waals surface area contributed by atoms with E-state index in [-0.39, 0.29) is 11.9 Å². The first-order valence-corrected chi connectivity index (χ1v) is 7.93. The second-order valence-corrected chi connectivity index (χ2v) is 5.79. The Morgan fingerprint density at radius 1 is 1.17 bits per heavy atom. The first kappa shape index (κ1) is 14.3. The van der Waals surface area contributed by atoms with E-state index in [2.05, 4.69) is 31.0 Å². The molecule has 0 radical (unpaired) electrons. The summed E-state index contributed by atoms with van der Waals surface area (Å²) >= 11 is 1.52. The van der Waals surface area contributed by atoms with Crippen LogP contribution in [0.25, 0.3) is 16.3 Å². The summed E-state index contributed by atoms with van der Waals surface area (Å²) in [6.07, 6.45) is 1.69. The van der Waals surface area contributed by atoms with Crippen LogP contribution in [0.2, 0.25) is 0 Å². The summed E-state index contributed by atoms with van der Waals surface area (Å²) in [4.78, 5) is 13.5. The first-order chi connectivity index (χ1) is 11.8. The topological polar surface area (TPSA) is 101 Å². The van der Waals surface area contributed by atoms with E-state index in [0.717, 1.165) is 10.6 Å². The highest BCUT2D eigenvalue weighted by atomic mass is 32.1. The van der Waals surface area contributed by atoms with Crippen LogP contribution in [0.5, 0.6) is 0 Å². The molecule has 1 aromatic carbocycles. The van der Waals surface area contributed by atoms with Crippen molar-refractivity contribution >= 4 is 23.2 Å². The highest BCUT2D eigenvalue weighted by molar-refractivity contribution is 7.13. The molecule has 0 bridgehead atoms. The average Bonchev–Trinajstić information content (AvgIpc) is 3.36. The number of aromatic nitrogens is 6. The van der Waals surface area contributed by atoms with Crippen LogP contribution in [-0.4, -0.2) is 36.3 Å². The van der Waals surface area contributed by atoms with Crippen molar-refractivity contribution in [3.05, 3.63) is 59.6 Å². The summed E-state index contributed by atoms with van der Waals surface area (Å²) in [5.74, 6) is -0.230. The number of thiophene rings is 1. The molecule has 0 spiro atoms. The van der Waals surface area contributed by atoms with Gasteiger partial charge in [0.15, 0.2) is 0 Å². The third-order valence-electron chi connectivity index (χ3n) is 3.30. The van der Waals surface area contributed by atoms with Crippen LogP contribution in [0.15, 0.2) is 54.0 Å². The molecule has 118 valence electrons. The van der Waals surface area contributed by atoms with Gasteiger partial charge in [0, 0.05) is 6.20 Å². The zero-order valence-corrected chi connectivity index (χ0v) is 13.1. The van der Waals surface area contributed by atoms with Gasteiger partial charge in [0.05, 0.1) is 16.1 Å². The Morgan fingerprint density at radius 2 is 2.04 bits per heavy atom. The van der Waals surface area contributed by atoms with Gasteiger partial charge in [-0.3, -0.25) is 10.1 Å². The molecule has 0 fully saturated rings. The van der Waals surface area contributed by atoms with Gasteiger partial charge >= 0.3 is 0 Å². The Labute approximate surface area is 140 Å². The molecular formula is C15H11N7OS. The van der Waals surface area contributed by atoms with Gasteiger partial charge in [0.25, 0.3) is 11.9 Å². The normalized spacial score (nSPS) is 10.7. The van der Waals surface area contributed by atoms with Crippen LogP contribution >= 0.6 is 11.3 Å². The number of H-pyrrole nitrogens is 1. The lowest BCUT2D eigenvalue weighted by Crippen LogP contribution is -2.13. The predicted molar refractivity (Wildman–Crippen MR) is 89.0 cm³/mol. The van der Waals surface area contributed by atoms with Crippen LogP contribution < -0.4 is 5.32 Å². The standard InChI is InChI=1S/C15H11N7OS/c23-14(16-15-17-20-21-18-15)11-9-22(10-5-2-1-3-6-10)19-13(11)12-7-4-8-24-12/h1-9H,(H2,16,17,18,20,21,23). The number of rotatable bonds is 4. The number of carbonyl (C=O) groups is 1. The number of aromatic amines is 1. The molecule has 2 N–H and O–H groups in total. The fraction of sp³-hybridized carbons (Fsp3) is 0. The van der Waals surface area contributed by atoms with Crippen molar-refractivity contribution in [3.63, 3.8) is 0 Å². The summed E-state index contributed by atoms with van der Waals surface area (Å²) in [5, 5.41) is 22.3. The second-order valence-electron chi connectivity index (χ2n) is 4.84. The number of benzene rings is 1. The van der Waals surface area contributed by atoms with Crippen LogP contribution in [0.4, 0.5) is 5.95 Å². The van der Waals surface area contributed by atoms with Gasteiger partial charge in [-0.25, -0.2) is 4.68 Å². The summed E-state index contributed by atoms with van der Waals surface area (Å²) in [6, 6.07) is 13.5. The molecule has 0 saturated carbocycles. The van der Waals surface area contributed by atoms with Crippen molar-refractivity contribution in [2.24, 2.45) is 0 Å². The third-order valence-corrected chi connectivity index (χ3v) is 4.18. The fourth-order valence-electron chi connectivity index (χ4n) is 2.23. The van der Waals surface area contributed by atoms with Gasteiger partial charge in [-0.05, 0) is 28.8 Å². The molecule has 3 heterocycles. The van der Waals surface area contributed by atoms with Crippen LogP contribution in [0.3, 0.4) is 0 Å². The molecule has 8 nitrogen and oxygen atoms in total. The third kappa shape index (κ3) is 2.68. The summed E-state index contributed by atoms with van der Waals surface area (Å²) < 4.78 is 1.68. The van der Waals surface area contributed by atoms with Crippen molar-refractivity contribution in [2.75, 3.05) is 5.32 Å². The first-order valence-electron chi connectivity index (χ1n) is 7.05. The number of nitrogens with zero attached hydrogens (tertiary/aromatic N) is 5. The molecule has 1 amide bonds. The number of amides is 1. The minimum absolute atomic E-state index is 0.115. The van der Waals surface area contributed by atoms with Gasteiger partial charge in [-0.15, -0.1) is 16.4 Å². The van der Waals surface area contributed by atoms with E-state index in [4.69, 9.17) is 0 Å². The zero-order chi connectivity index (χ0) is 16.4. The minimum atomic E-state index is -0.345. The molecule has 24 heavy (non-hydrogen) atoms. The van der Waals surface area contributed by atoms with E-state index in [9.17, 15) is 4.79 Å². The van der Waals surface area contributed by atoms with Gasteiger partial charge < -0.3 is 0 Å². The monoisotopic (exact) mass is 337 g/mol. The quantitative estimate of drug-likeness (QED) is 0.595. The Bertz CT molecular complexity index is 945. The Hall–Kier alpha value is -3.33. The SMILES string of the molecule is O=C(Nc1nn[nH]n1)c1cn(-c2ccccc2)nc1-c1cccs1. The fourth-order valence-corrected chi connectivity index (χ4v) is 2.96. The van der Waals surface area contributed by atoms with Gasteiger partial charge in [-0.1, -0.05) is 29.4 Å². The number of carbonyl (C=O) groups excluding carboxylic acids is 1. The molecule has 9 heteroatoms. The zero-order valence-electron chi connectivity index (χ0n) is 12.2. The van der Waals surface area contributed by atoms with Crippen molar-refractivity contribution < 1.29 is 4.79 Å². The van der Waals surface area contributed by atoms with Gasteiger partial charge in [-0.2, -0.15) is 10.3 Å². The predicted octanol–water partition coefficient (Wildman–Crippen LogP) is 2.37. The molecule has 0 aliphatic carbocycles. The lowest BCUT2D eigenvalue weighted by Gasteiger charge is -1.99. The minimum Gasteiger partial charge on any atom is -0.288 e. The number of para-hydroxylation sites is 1. The summed E-state index contributed by atoms with van der Waals surface area (Å²) in [5.41, 5.74) is 1.91. The molecule has 0 unspecified atom stereocenters. The van der Waals surface area contributed by atoms with E-state index in [1.54, 1.807) is 10.9 Å². The molecule has 3 aromatic heterocycles. The van der Waals surface area contributed by atoms with Crippen molar-refractivity contribution in [2.45, 2.75) is 0 Å². The van der Waals surface area contributed by atoms with Gasteiger partial charge in [0.2, 0.25) is 0 Å². The maximum atomic E-state index is 12.6. The lowest BCUT2D eigenvalue weighted by molar-refractivity contribution is 0.102. The van der Waals surface area contributed by atoms with E-state index in [0.29, 0.717) is 11.3 Å². The molecular weight excluding hydrogens is 326 g/mol. The smallest absolute Gasteiger partial charge is 0.270 e. The largest absolute Gasteiger partial charge is 0.288 e. The molecule has 4 rings (SSSR count). The van der Waals surface area contributed by atoms with Crippen LogP contribution in [-0.2, 0) is 0 Å². The van der Waals surface area contributed by atoms with E-state index >= 15 is 0 Å². The number of hydrogen-bond acceptors (Lipinski definition) is 6. The summed E-state index contributed by atoms with van der Waals surface area (Å²) in [7, 11) is 0. The van der Waals surface area contributed by atoms with Crippen LogP contribution in [0, 0.1) is 0 Å². The number of anilines is 1. The van der Waals surface area contributed by atoms with E-state index < -0.39 is 0 Å². The van der Waals surface area contributed by atoms with Gasteiger partial charge in [0.1, 0.15) is 5.69 Å². The molecule has 0 aliphatic heterocycles. The molecule has 0 aliphatic rings. The highest BCUT2D eigenvalue weighted by Gasteiger charge is 2.20. The average molecular weight is 337 g/mol. The maximum Gasteiger partial charge on any atom is 0.270 e.